The molecule has 0 amide bonds. The van der Waals surface area contributed by atoms with E-state index in [0.717, 1.165) is 11.1 Å². The van der Waals surface area contributed by atoms with E-state index in [1.165, 1.54) is 0 Å². The summed E-state index contributed by atoms with van der Waals surface area (Å²) in [7, 11) is 0. The lowest BCUT2D eigenvalue weighted by molar-refractivity contribution is -0.136. The van der Waals surface area contributed by atoms with Gasteiger partial charge < -0.3 is 14.2 Å². The number of rotatable bonds is 5. The van der Waals surface area contributed by atoms with Crippen LogP contribution in [-0.4, -0.2) is 31.6 Å². The predicted octanol–water partition coefficient (Wildman–Crippen LogP) is 2.86. The molecule has 20 heavy (non-hydrogen) atoms. The average molecular weight is 276 g/mol. The highest BCUT2D eigenvalue weighted by molar-refractivity contribution is 5.89. The van der Waals surface area contributed by atoms with E-state index in [2.05, 4.69) is 6.58 Å². The van der Waals surface area contributed by atoms with Crippen LogP contribution in [0.15, 0.2) is 36.4 Å². The van der Waals surface area contributed by atoms with E-state index in [0.29, 0.717) is 18.6 Å². The van der Waals surface area contributed by atoms with Crippen molar-refractivity contribution in [3.8, 4) is 0 Å². The van der Waals surface area contributed by atoms with Gasteiger partial charge in [-0.15, -0.1) is 0 Å². The third-order valence-electron chi connectivity index (χ3n) is 3.21. The molecule has 1 saturated heterocycles. The molecule has 4 heteroatoms. The number of hydrogen-bond donors (Lipinski definition) is 0. The Labute approximate surface area is 119 Å². The van der Waals surface area contributed by atoms with E-state index in [4.69, 9.17) is 14.2 Å². The molecule has 1 heterocycles. The van der Waals surface area contributed by atoms with Gasteiger partial charge in [0.1, 0.15) is 12.7 Å². The summed E-state index contributed by atoms with van der Waals surface area (Å²) >= 11 is 0. The molecule has 1 aliphatic rings. The largest absolute Gasteiger partial charge is 0.459 e. The van der Waals surface area contributed by atoms with Gasteiger partial charge in [-0.2, -0.15) is 0 Å². The fraction of sp³-hybridized carbons (Fsp3) is 0.438. The van der Waals surface area contributed by atoms with E-state index in [1.807, 2.05) is 26.0 Å². The monoisotopic (exact) mass is 276 g/mol. The Balaban J connectivity index is 1.84. The fourth-order valence-corrected chi connectivity index (χ4v) is 2.04. The van der Waals surface area contributed by atoms with Crippen LogP contribution in [0.3, 0.4) is 0 Å². The molecule has 1 aromatic rings. The maximum absolute atomic E-state index is 11.9. The zero-order valence-corrected chi connectivity index (χ0v) is 11.9. The molecule has 0 unspecified atom stereocenters. The zero-order valence-electron chi connectivity index (χ0n) is 11.9. The molecule has 0 aromatic heterocycles. The molecule has 0 spiro atoms. The number of ether oxygens (including phenoxy) is 3. The molecule has 2 atom stereocenters. The first kappa shape index (κ1) is 14.8. The van der Waals surface area contributed by atoms with Crippen molar-refractivity contribution in [3.05, 3.63) is 47.5 Å². The quantitative estimate of drug-likeness (QED) is 0.613. The van der Waals surface area contributed by atoms with Gasteiger partial charge in [-0.05, 0) is 31.6 Å². The molecule has 0 N–H and O–H groups in total. The third kappa shape index (κ3) is 3.68. The Bertz CT molecular complexity index is 478. The van der Waals surface area contributed by atoms with Gasteiger partial charge in [-0.25, -0.2) is 4.79 Å². The first-order valence-electron chi connectivity index (χ1n) is 6.78. The van der Waals surface area contributed by atoms with Crippen molar-refractivity contribution < 1.29 is 19.0 Å². The summed E-state index contributed by atoms with van der Waals surface area (Å²) in [6.45, 7) is 8.59. The molecule has 1 aliphatic heterocycles. The van der Waals surface area contributed by atoms with E-state index in [9.17, 15) is 4.79 Å². The van der Waals surface area contributed by atoms with Crippen LogP contribution in [0.2, 0.25) is 0 Å². The zero-order chi connectivity index (χ0) is 14.5. The second kappa shape index (κ2) is 6.68. The van der Waals surface area contributed by atoms with E-state index in [-0.39, 0.29) is 25.0 Å². The van der Waals surface area contributed by atoms with Crippen LogP contribution in [0.1, 0.15) is 29.3 Å². The van der Waals surface area contributed by atoms with Crippen LogP contribution in [0.4, 0.5) is 0 Å². The molecule has 1 fully saturated rings. The van der Waals surface area contributed by atoms with Crippen LogP contribution >= 0.6 is 0 Å². The van der Waals surface area contributed by atoms with Crippen molar-refractivity contribution in [2.24, 2.45) is 0 Å². The van der Waals surface area contributed by atoms with Gasteiger partial charge in [-0.3, -0.25) is 0 Å². The summed E-state index contributed by atoms with van der Waals surface area (Å²) in [5.74, 6) is -0.346. The summed E-state index contributed by atoms with van der Waals surface area (Å²) in [4.78, 5) is 11.9. The van der Waals surface area contributed by atoms with Gasteiger partial charge in [0.25, 0.3) is 0 Å². The van der Waals surface area contributed by atoms with E-state index >= 15 is 0 Å². The molecule has 1 aromatic carbocycles. The number of aryl methyl sites for hydroxylation is 1. The van der Waals surface area contributed by atoms with Crippen molar-refractivity contribution in [2.75, 3.05) is 13.2 Å². The maximum atomic E-state index is 11.9. The van der Waals surface area contributed by atoms with Crippen LogP contribution in [0.25, 0.3) is 0 Å². The van der Waals surface area contributed by atoms with Crippen molar-refractivity contribution in [2.45, 2.75) is 32.7 Å². The molecule has 0 saturated carbocycles. The lowest BCUT2D eigenvalue weighted by Gasteiger charge is -2.13. The van der Waals surface area contributed by atoms with Crippen LogP contribution in [-0.2, 0) is 14.2 Å². The second-order valence-corrected chi connectivity index (χ2v) is 4.84. The minimum Gasteiger partial charge on any atom is -0.459 e. The van der Waals surface area contributed by atoms with Crippen LogP contribution < -0.4 is 0 Å². The molecule has 108 valence electrons. The summed E-state index contributed by atoms with van der Waals surface area (Å²) in [6.07, 6.45) is 0.108. The molecular formula is C16H20O4. The smallest absolute Gasteiger partial charge is 0.338 e. The molecule has 4 nitrogen and oxygen atoms in total. The summed E-state index contributed by atoms with van der Waals surface area (Å²) in [6, 6.07) is 7.27. The topological polar surface area (TPSA) is 44.8 Å². The number of carbonyl (C=O) groups is 1. The number of esters is 1. The second-order valence-electron chi connectivity index (χ2n) is 4.84. The van der Waals surface area contributed by atoms with Gasteiger partial charge in [-0.1, -0.05) is 24.3 Å². The minimum absolute atomic E-state index is 0.176. The van der Waals surface area contributed by atoms with Gasteiger partial charge in [0.2, 0.25) is 0 Å². The maximum Gasteiger partial charge on any atom is 0.338 e. The van der Waals surface area contributed by atoms with Crippen LogP contribution in [0, 0.1) is 6.92 Å². The average Bonchev–Trinajstić information content (AvgIpc) is 2.77. The van der Waals surface area contributed by atoms with Gasteiger partial charge in [0.05, 0.1) is 5.56 Å². The highest BCUT2D eigenvalue weighted by atomic mass is 16.7. The van der Waals surface area contributed by atoms with Crippen molar-refractivity contribution in [1.82, 2.24) is 0 Å². The molecule has 0 radical (unpaired) electrons. The first-order valence-corrected chi connectivity index (χ1v) is 6.78. The predicted molar refractivity (Wildman–Crippen MR) is 75.5 cm³/mol. The lowest BCUT2D eigenvalue weighted by atomic mass is 10.1. The minimum atomic E-state index is -0.346. The highest BCUT2D eigenvalue weighted by Crippen LogP contribution is 2.25. The Morgan fingerprint density at radius 3 is 2.75 bits per heavy atom. The SMILES string of the molecule is C=C1C[C@H](OCC)O[C@@H]1COC(=O)c1ccc(C)cc1. The third-order valence-corrected chi connectivity index (χ3v) is 3.21. The Morgan fingerprint density at radius 2 is 2.10 bits per heavy atom. The summed E-state index contributed by atoms with van der Waals surface area (Å²) in [5.41, 5.74) is 2.55. The summed E-state index contributed by atoms with van der Waals surface area (Å²) in [5, 5.41) is 0. The number of carbonyl (C=O) groups excluding carboxylic acids is 1. The first-order chi connectivity index (χ1) is 9.60. The molecular weight excluding hydrogens is 256 g/mol. The standard InChI is InChI=1S/C16H20O4/c1-4-18-15-9-12(3)14(20-15)10-19-16(17)13-7-5-11(2)6-8-13/h5-8,14-15H,3-4,9-10H2,1-2H3/t14-,15-/m1/s1. The van der Waals surface area contributed by atoms with Crippen molar-refractivity contribution in [1.29, 1.82) is 0 Å². The van der Waals surface area contributed by atoms with Gasteiger partial charge in [0.15, 0.2) is 6.29 Å². The van der Waals surface area contributed by atoms with Gasteiger partial charge >= 0.3 is 5.97 Å². The van der Waals surface area contributed by atoms with E-state index in [1.54, 1.807) is 12.1 Å². The van der Waals surface area contributed by atoms with Crippen LogP contribution in [0.5, 0.6) is 0 Å². The van der Waals surface area contributed by atoms with Gasteiger partial charge in [0, 0.05) is 13.0 Å². The number of benzene rings is 1. The molecule has 0 bridgehead atoms. The Kier molecular flexibility index (Phi) is 4.93. The molecule has 0 aliphatic carbocycles. The number of hydrogen-bond acceptors (Lipinski definition) is 4. The normalized spacial score (nSPS) is 22.0. The lowest BCUT2D eigenvalue weighted by Crippen LogP contribution is -2.21. The Hall–Kier alpha value is -1.65. The summed E-state index contributed by atoms with van der Waals surface area (Å²) < 4.78 is 16.3. The molecule has 2 rings (SSSR count). The Morgan fingerprint density at radius 1 is 1.40 bits per heavy atom. The van der Waals surface area contributed by atoms with Crippen molar-refractivity contribution in [3.63, 3.8) is 0 Å². The highest BCUT2D eigenvalue weighted by Gasteiger charge is 2.30. The van der Waals surface area contributed by atoms with E-state index < -0.39 is 0 Å². The fourth-order valence-electron chi connectivity index (χ4n) is 2.04. The van der Waals surface area contributed by atoms with Crippen molar-refractivity contribution >= 4 is 5.97 Å².